The lowest BCUT2D eigenvalue weighted by Crippen LogP contribution is -2.09. The standard InChI is InChI=1S/C22H19F3O6/c1-28-18-11-14-10-16(31-21(27)17(14)12-19(18)29-2)4-3-9-30-20(26)13-5-7-15(8-6-13)22(23,24)25/h5-8,10-12H,3-4,9H2,1-2H3. The molecule has 1 aromatic heterocycles. The molecular weight excluding hydrogens is 417 g/mol. The second kappa shape index (κ2) is 9.11. The lowest BCUT2D eigenvalue weighted by molar-refractivity contribution is -0.137. The quantitative estimate of drug-likeness (QED) is 0.398. The van der Waals surface area contributed by atoms with Crippen LogP contribution in [0.3, 0.4) is 0 Å². The lowest BCUT2D eigenvalue weighted by Gasteiger charge is -2.09. The Hall–Kier alpha value is -3.49. The van der Waals surface area contributed by atoms with E-state index in [1.807, 2.05) is 0 Å². The Morgan fingerprint density at radius 1 is 1.00 bits per heavy atom. The number of carbonyl (C=O) groups excluding carboxylic acids is 1. The second-order valence-electron chi connectivity index (χ2n) is 6.61. The van der Waals surface area contributed by atoms with E-state index >= 15 is 0 Å². The zero-order valence-corrected chi connectivity index (χ0v) is 16.7. The first-order chi connectivity index (χ1) is 14.7. The Morgan fingerprint density at radius 2 is 1.65 bits per heavy atom. The molecule has 0 atom stereocenters. The van der Waals surface area contributed by atoms with Crippen LogP contribution in [0, 0.1) is 0 Å². The summed E-state index contributed by atoms with van der Waals surface area (Å²) < 4.78 is 58.5. The zero-order valence-electron chi connectivity index (χ0n) is 16.7. The van der Waals surface area contributed by atoms with Gasteiger partial charge in [-0.05, 0) is 54.3 Å². The highest BCUT2D eigenvalue weighted by molar-refractivity contribution is 5.89. The number of carbonyl (C=O) groups is 1. The van der Waals surface area contributed by atoms with Crippen molar-refractivity contribution in [1.82, 2.24) is 0 Å². The van der Waals surface area contributed by atoms with Gasteiger partial charge in [0.25, 0.3) is 0 Å². The van der Waals surface area contributed by atoms with Gasteiger partial charge in [0.1, 0.15) is 5.76 Å². The Labute approximate surface area is 175 Å². The van der Waals surface area contributed by atoms with Crippen LogP contribution in [0.5, 0.6) is 11.5 Å². The van der Waals surface area contributed by atoms with E-state index in [9.17, 15) is 22.8 Å². The molecule has 0 N–H and O–H groups in total. The SMILES string of the molecule is COc1cc2cc(CCCOC(=O)c3ccc(C(F)(F)F)cc3)oc(=O)c2cc1OC. The molecule has 0 spiro atoms. The van der Waals surface area contributed by atoms with Crippen LogP contribution in [-0.2, 0) is 17.3 Å². The van der Waals surface area contributed by atoms with Crippen LogP contribution in [0.1, 0.15) is 28.1 Å². The third kappa shape index (κ3) is 5.17. The number of benzene rings is 2. The van der Waals surface area contributed by atoms with Crippen molar-refractivity contribution in [3.05, 3.63) is 69.8 Å². The van der Waals surface area contributed by atoms with Crippen LogP contribution in [0.15, 0.2) is 51.7 Å². The molecule has 0 aliphatic carbocycles. The maximum Gasteiger partial charge on any atom is 0.416 e. The molecule has 6 nitrogen and oxygen atoms in total. The van der Waals surface area contributed by atoms with Crippen LogP contribution in [-0.4, -0.2) is 26.8 Å². The highest BCUT2D eigenvalue weighted by atomic mass is 19.4. The van der Waals surface area contributed by atoms with Crippen molar-refractivity contribution in [3.8, 4) is 11.5 Å². The number of halogens is 3. The summed E-state index contributed by atoms with van der Waals surface area (Å²) >= 11 is 0. The molecule has 0 unspecified atom stereocenters. The molecule has 3 aromatic rings. The van der Waals surface area contributed by atoms with Gasteiger partial charge in [0.05, 0.1) is 37.3 Å². The molecule has 31 heavy (non-hydrogen) atoms. The van der Waals surface area contributed by atoms with Crippen molar-refractivity contribution in [2.75, 3.05) is 20.8 Å². The van der Waals surface area contributed by atoms with Crippen LogP contribution >= 0.6 is 0 Å². The number of aryl methyl sites for hydroxylation is 1. The van der Waals surface area contributed by atoms with Gasteiger partial charge in [-0.2, -0.15) is 13.2 Å². The monoisotopic (exact) mass is 436 g/mol. The molecule has 1 heterocycles. The van der Waals surface area contributed by atoms with Gasteiger partial charge in [0.15, 0.2) is 11.5 Å². The predicted molar refractivity (Wildman–Crippen MR) is 106 cm³/mol. The molecule has 0 saturated carbocycles. The minimum Gasteiger partial charge on any atom is -0.493 e. The molecule has 164 valence electrons. The van der Waals surface area contributed by atoms with Crippen molar-refractivity contribution >= 4 is 16.7 Å². The highest BCUT2D eigenvalue weighted by Crippen LogP contribution is 2.31. The summed E-state index contributed by atoms with van der Waals surface area (Å²) in [6.07, 6.45) is -3.80. The maximum atomic E-state index is 12.6. The van der Waals surface area contributed by atoms with E-state index in [1.54, 1.807) is 12.1 Å². The Kier molecular flexibility index (Phi) is 6.53. The summed E-state index contributed by atoms with van der Waals surface area (Å²) in [6.45, 7) is 0.00748. The first-order valence-electron chi connectivity index (χ1n) is 9.26. The third-order valence-electron chi connectivity index (χ3n) is 4.56. The summed E-state index contributed by atoms with van der Waals surface area (Å²) in [5.74, 6) is 0.545. The van der Waals surface area contributed by atoms with E-state index in [-0.39, 0.29) is 12.2 Å². The normalized spacial score (nSPS) is 11.4. The number of hydrogen-bond acceptors (Lipinski definition) is 6. The number of hydrogen-bond donors (Lipinski definition) is 0. The topological polar surface area (TPSA) is 75.0 Å². The van der Waals surface area contributed by atoms with Crippen LogP contribution in [0.25, 0.3) is 10.8 Å². The third-order valence-corrected chi connectivity index (χ3v) is 4.56. The smallest absolute Gasteiger partial charge is 0.416 e. The fourth-order valence-corrected chi connectivity index (χ4v) is 2.98. The van der Waals surface area contributed by atoms with E-state index in [0.717, 1.165) is 24.3 Å². The molecule has 0 radical (unpaired) electrons. The minimum absolute atomic E-state index is 0.00748. The number of rotatable bonds is 7. The number of alkyl halides is 3. The van der Waals surface area contributed by atoms with Crippen molar-refractivity contribution in [3.63, 3.8) is 0 Å². The Morgan fingerprint density at radius 3 is 2.26 bits per heavy atom. The summed E-state index contributed by atoms with van der Waals surface area (Å²) in [5.41, 5.74) is -1.36. The fourth-order valence-electron chi connectivity index (χ4n) is 2.98. The number of methoxy groups -OCH3 is 2. The van der Waals surface area contributed by atoms with Crippen LogP contribution in [0.2, 0.25) is 0 Å². The number of ether oxygens (including phenoxy) is 3. The van der Waals surface area contributed by atoms with Crippen molar-refractivity contribution < 1.29 is 36.6 Å². The van der Waals surface area contributed by atoms with Crippen LogP contribution < -0.4 is 15.1 Å². The van der Waals surface area contributed by atoms with Gasteiger partial charge < -0.3 is 18.6 Å². The van der Waals surface area contributed by atoms with E-state index in [0.29, 0.717) is 40.9 Å². The van der Waals surface area contributed by atoms with Gasteiger partial charge in [-0.25, -0.2) is 9.59 Å². The molecule has 0 aliphatic heterocycles. The van der Waals surface area contributed by atoms with Crippen molar-refractivity contribution in [2.45, 2.75) is 19.0 Å². The van der Waals surface area contributed by atoms with Gasteiger partial charge in [0.2, 0.25) is 0 Å². The number of esters is 1. The molecular formula is C22H19F3O6. The van der Waals surface area contributed by atoms with E-state index < -0.39 is 23.3 Å². The Bertz CT molecular complexity index is 1130. The Balaban J connectivity index is 1.61. The predicted octanol–water partition coefficient (Wildman–Crippen LogP) is 4.62. The summed E-state index contributed by atoms with van der Waals surface area (Å²) in [6, 6.07) is 8.67. The first-order valence-corrected chi connectivity index (χ1v) is 9.26. The van der Waals surface area contributed by atoms with Gasteiger partial charge in [-0.1, -0.05) is 0 Å². The molecule has 0 amide bonds. The lowest BCUT2D eigenvalue weighted by atomic mass is 10.1. The van der Waals surface area contributed by atoms with Crippen molar-refractivity contribution in [2.24, 2.45) is 0 Å². The van der Waals surface area contributed by atoms with Gasteiger partial charge in [-0.3, -0.25) is 0 Å². The molecule has 0 aliphatic rings. The average Bonchev–Trinajstić information content (AvgIpc) is 2.75. The molecule has 0 bridgehead atoms. The van der Waals surface area contributed by atoms with E-state index in [2.05, 4.69) is 0 Å². The largest absolute Gasteiger partial charge is 0.493 e. The number of fused-ring (bicyclic) bond motifs is 1. The van der Waals surface area contributed by atoms with Gasteiger partial charge in [0, 0.05) is 6.42 Å². The van der Waals surface area contributed by atoms with Crippen LogP contribution in [0.4, 0.5) is 13.2 Å². The first kappa shape index (κ1) is 22.2. The highest BCUT2D eigenvalue weighted by Gasteiger charge is 2.30. The summed E-state index contributed by atoms with van der Waals surface area (Å²) in [5, 5.41) is 0.959. The van der Waals surface area contributed by atoms with Gasteiger partial charge in [-0.15, -0.1) is 0 Å². The summed E-state index contributed by atoms with van der Waals surface area (Å²) in [4.78, 5) is 24.2. The minimum atomic E-state index is -4.47. The van der Waals surface area contributed by atoms with E-state index in [1.165, 1.54) is 20.3 Å². The molecule has 9 heteroatoms. The molecule has 0 saturated heterocycles. The molecule has 0 fully saturated rings. The maximum absolute atomic E-state index is 12.6. The fraction of sp³-hybridized carbons (Fsp3) is 0.273. The molecule has 3 rings (SSSR count). The summed E-state index contributed by atoms with van der Waals surface area (Å²) in [7, 11) is 2.95. The van der Waals surface area contributed by atoms with Gasteiger partial charge >= 0.3 is 17.8 Å². The second-order valence-corrected chi connectivity index (χ2v) is 6.61. The molecule has 2 aromatic carbocycles. The zero-order chi connectivity index (χ0) is 22.6. The van der Waals surface area contributed by atoms with E-state index in [4.69, 9.17) is 18.6 Å². The van der Waals surface area contributed by atoms with Crippen molar-refractivity contribution in [1.29, 1.82) is 0 Å². The average molecular weight is 436 g/mol.